The number of carbonyl (C=O) groups is 3. The molecule has 5 aromatic carbocycles. The van der Waals surface area contributed by atoms with Gasteiger partial charge < -0.3 is 14.7 Å². The molecule has 2 aliphatic heterocycles. The van der Waals surface area contributed by atoms with Crippen LogP contribution < -0.4 is 4.90 Å². The maximum atomic E-state index is 12.4. The molecular formula is C50H49N4O5+. The molecular weight excluding hydrogens is 737 g/mol. The number of Topliss-reactive ketones (excluding diaryl/α,β-unsaturated/α-hetero) is 1. The van der Waals surface area contributed by atoms with E-state index >= 15 is 0 Å². The lowest BCUT2D eigenvalue weighted by molar-refractivity contribution is -0.519. The molecule has 0 bridgehead atoms. The minimum absolute atomic E-state index is 0.0178. The standard InChI is InChI=1S/C50H48N4O5/c1-5-52-25-26-53(27-28-59-33-55)49(52)34(2)29-39(38-13-7-6-8-14-38)30-40(32-51)48-50(4,31-36-19-21-37(22-20-36)35(3)56)46-43-17-11-9-15-41(43)42-16-10-12-18-44(42)47(46)54(48)24-23-45(57)58/h6-22,29-30,33H,5,23-28,31H2,1-4H3/p+1. The largest absolute Gasteiger partial charge is 0.481 e. The second-order valence-electron chi connectivity index (χ2n) is 15.4. The first-order valence-corrected chi connectivity index (χ1v) is 20.2. The molecule has 1 unspecified atom stereocenters. The minimum atomic E-state index is -0.931. The van der Waals surface area contributed by atoms with Gasteiger partial charge in [0, 0.05) is 34.2 Å². The maximum Gasteiger partial charge on any atom is 0.305 e. The van der Waals surface area contributed by atoms with Crippen LogP contribution in [-0.2, 0) is 26.2 Å². The van der Waals surface area contributed by atoms with Crippen molar-refractivity contribution in [2.45, 2.75) is 46.0 Å². The second-order valence-corrected chi connectivity index (χ2v) is 15.4. The van der Waals surface area contributed by atoms with E-state index in [4.69, 9.17) is 4.74 Å². The number of allylic oxidation sites excluding steroid dienone is 5. The summed E-state index contributed by atoms with van der Waals surface area (Å²) in [5.74, 6) is 0.0955. The van der Waals surface area contributed by atoms with E-state index in [0.717, 1.165) is 86.2 Å². The molecule has 0 aromatic heterocycles. The Kier molecular flexibility index (Phi) is 11.9. The molecule has 7 rings (SSSR count). The molecule has 0 saturated heterocycles. The van der Waals surface area contributed by atoms with Crippen LogP contribution in [0.2, 0.25) is 0 Å². The zero-order valence-corrected chi connectivity index (χ0v) is 34.1. The smallest absolute Gasteiger partial charge is 0.305 e. The highest BCUT2D eigenvalue weighted by molar-refractivity contribution is 6.17. The molecule has 1 N–H and O–H groups in total. The number of hydrogen-bond donors (Lipinski definition) is 1. The maximum absolute atomic E-state index is 12.4. The van der Waals surface area contributed by atoms with E-state index in [1.807, 2.05) is 84.9 Å². The molecule has 9 nitrogen and oxygen atoms in total. The summed E-state index contributed by atoms with van der Waals surface area (Å²) >= 11 is 0. The van der Waals surface area contributed by atoms with Gasteiger partial charge in [0.1, 0.15) is 32.3 Å². The number of carbonyl (C=O) groups excluding carboxylic acids is 2. The fourth-order valence-electron chi connectivity index (χ4n) is 9.14. The third kappa shape index (κ3) is 7.91. The van der Waals surface area contributed by atoms with Crippen LogP contribution in [0.1, 0.15) is 61.2 Å². The molecule has 0 aliphatic carbocycles. The number of ether oxygens (including phenoxy) is 1. The van der Waals surface area contributed by atoms with Crippen LogP contribution >= 0.6 is 0 Å². The zero-order chi connectivity index (χ0) is 41.7. The van der Waals surface area contributed by atoms with Crippen LogP contribution in [-0.4, -0.2) is 78.0 Å². The summed E-state index contributed by atoms with van der Waals surface area (Å²) in [6, 6.07) is 36.8. The van der Waals surface area contributed by atoms with Crippen molar-refractivity contribution in [1.82, 2.24) is 4.90 Å². The fraction of sp³-hybridized carbons (Fsp3) is 0.260. The first-order valence-electron chi connectivity index (χ1n) is 20.2. The van der Waals surface area contributed by atoms with E-state index in [1.54, 1.807) is 6.92 Å². The third-order valence-corrected chi connectivity index (χ3v) is 11.7. The number of carboxylic acid groups (broad SMARTS) is 1. The summed E-state index contributed by atoms with van der Waals surface area (Å²) in [6.45, 7) is 11.8. The van der Waals surface area contributed by atoms with E-state index in [2.05, 4.69) is 71.6 Å². The van der Waals surface area contributed by atoms with Gasteiger partial charge in [-0.3, -0.25) is 23.9 Å². The number of hydrogen-bond acceptors (Lipinski definition) is 7. The number of aliphatic carboxylic acids is 1. The van der Waals surface area contributed by atoms with Crippen molar-refractivity contribution in [2.24, 2.45) is 0 Å². The van der Waals surface area contributed by atoms with Gasteiger partial charge >= 0.3 is 5.97 Å². The van der Waals surface area contributed by atoms with E-state index in [9.17, 15) is 24.8 Å². The van der Waals surface area contributed by atoms with Crippen molar-refractivity contribution < 1.29 is 28.8 Å². The molecule has 9 heteroatoms. The summed E-state index contributed by atoms with van der Waals surface area (Å²) < 4.78 is 7.32. The highest BCUT2D eigenvalue weighted by Crippen LogP contribution is 2.56. The summed E-state index contributed by atoms with van der Waals surface area (Å²) in [6.07, 6.45) is 4.42. The minimum Gasteiger partial charge on any atom is -0.481 e. The van der Waals surface area contributed by atoms with Crippen LogP contribution in [0.5, 0.6) is 0 Å². The number of anilines is 1. The number of amidine groups is 1. The average molecular weight is 786 g/mol. The third-order valence-electron chi connectivity index (χ3n) is 11.7. The van der Waals surface area contributed by atoms with E-state index in [-0.39, 0.29) is 25.4 Å². The molecule has 0 saturated carbocycles. The Bertz CT molecular complexity index is 2620. The molecule has 0 amide bonds. The Morgan fingerprint density at radius 2 is 1.53 bits per heavy atom. The SMILES string of the molecule is CCN1CC[N+](CCOC=O)=C1C(C)=C/C(=C/C(C#N)=C1\N(CCC(=O)O)c2c(c3ccccc3c3ccccc23)C1(C)Cc1ccc(C(C)=O)cc1)c1ccccc1. The number of rotatable bonds is 15. The normalized spacial score (nSPS) is 17.7. The van der Waals surface area contributed by atoms with Crippen LogP contribution in [0.25, 0.3) is 27.1 Å². The van der Waals surface area contributed by atoms with Crippen molar-refractivity contribution in [3.63, 3.8) is 0 Å². The van der Waals surface area contributed by atoms with Gasteiger partial charge in [0.25, 0.3) is 12.3 Å². The molecule has 298 valence electrons. The van der Waals surface area contributed by atoms with E-state index in [0.29, 0.717) is 30.6 Å². The number of nitrogens with zero attached hydrogens (tertiary/aromatic N) is 4. The van der Waals surface area contributed by atoms with Crippen LogP contribution in [0.3, 0.4) is 0 Å². The van der Waals surface area contributed by atoms with Crippen molar-refractivity contribution in [3.05, 3.63) is 154 Å². The number of ketones is 1. The molecule has 2 heterocycles. The zero-order valence-electron chi connectivity index (χ0n) is 34.1. The first-order chi connectivity index (χ1) is 28.6. The summed E-state index contributed by atoms with van der Waals surface area (Å²) in [4.78, 5) is 40.1. The second kappa shape index (κ2) is 17.4. The number of benzene rings is 5. The Morgan fingerprint density at radius 3 is 2.15 bits per heavy atom. The Hall–Kier alpha value is -6.79. The van der Waals surface area contributed by atoms with E-state index < -0.39 is 11.4 Å². The van der Waals surface area contributed by atoms with Gasteiger partial charge in [-0.15, -0.1) is 0 Å². The predicted octanol–water partition coefficient (Wildman–Crippen LogP) is 8.72. The van der Waals surface area contributed by atoms with Gasteiger partial charge in [0.15, 0.2) is 5.78 Å². The van der Waals surface area contributed by atoms with Crippen molar-refractivity contribution in [1.29, 1.82) is 5.26 Å². The lowest BCUT2D eigenvalue weighted by Crippen LogP contribution is -2.33. The number of carboxylic acids is 1. The molecule has 0 spiro atoms. The molecule has 0 fully saturated rings. The Balaban J connectivity index is 1.54. The molecule has 1 atom stereocenters. The first kappa shape index (κ1) is 40.4. The van der Waals surface area contributed by atoms with Crippen molar-refractivity contribution >= 4 is 56.9 Å². The van der Waals surface area contributed by atoms with Gasteiger partial charge in [-0.05, 0) is 84.7 Å². The van der Waals surface area contributed by atoms with Crippen LogP contribution in [0, 0.1) is 11.3 Å². The lowest BCUT2D eigenvalue weighted by atomic mass is 9.73. The molecule has 59 heavy (non-hydrogen) atoms. The topological polar surface area (TPSA) is 114 Å². The van der Waals surface area contributed by atoms with E-state index in [1.165, 1.54) is 0 Å². The molecule has 5 aromatic rings. The van der Waals surface area contributed by atoms with Crippen molar-refractivity contribution in [2.75, 3.05) is 44.2 Å². The van der Waals surface area contributed by atoms with Gasteiger partial charge in [-0.2, -0.15) is 5.26 Å². The highest BCUT2D eigenvalue weighted by Gasteiger charge is 2.47. The number of likely N-dealkylation sites (N-methyl/N-ethyl adjacent to an activating group) is 1. The number of fused-ring (bicyclic) bond motifs is 6. The summed E-state index contributed by atoms with van der Waals surface area (Å²) in [5.41, 5.74) is 6.59. The fourth-order valence-corrected chi connectivity index (χ4v) is 9.14. The van der Waals surface area contributed by atoms with Crippen LogP contribution in [0.15, 0.2) is 132 Å². The van der Waals surface area contributed by atoms with Gasteiger partial charge in [0.2, 0.25) is 0 Å². The Labute approximate surface area is 345 Å². The highest BCUT2D eigenvalue weighted by atomic mass is 16.5. The quantitative estimate of drug-likeness (QED) is 0.0213. The molecule has 2 aliphatic rings. The number of nitriles is 1. The summed E-state index contributed by atoms with van der Waals surface area (Å²) in [5, 5.41) is 25.8. The lowest BCUT2D eigenvalue weighted by Gasteiger charge is -2.32. The predicted molar refractivity (Wildman–Crippen MR) is 234 cm³/mol. The average Bonchev–Trinajstić information content (AvgIpc) is 3.78. The monoisotopic (exact) mass is 785 g/mol. The summed E-state index contributed by atoms with van der Waals surface area (Å²) in [7, 11) is 0. The van der Waals surface area contributed by atoms with Gasteiger partial charge in [-0.1, -0.05) is 103 Å². The van der Waals surface area contributed by atoms with Gasteiger partial charge in [0.05, 0.1) is 24.2 Å². The van der Waals surface area contributed by atoms with Crippen molar-refractivity contribution in [3.8, 4) is 6.07 Å². The van der Waals surface area contributed by atoms with Crippen LogP contribution in [0.4, 0.5) is 5.69 Å². The molecule has 0 radical (unpaired) electrons. The Morgan fingerprint density at radius 1 is 0.881 bits per heavy atom. The van der Waals surface area contributed by atoms with Gasteiger partial charge in [-0.25, -0.2) is 0 Å².